The number of rotatable bonds is 2. The van der Waals surface area contributed by atoms with Crippen molar-refractivity contribution >= 4 is 10.9 Å². The lowest BCUT2D eigenvalue weighted by Crippen LogP contribution is -2.30. The Morgan fingerprint density at radius 1 is 1.20 bits per heavy atom. The molecule has 20 heavy (non-hydrogen) atoms. The fourth-order valence-corrected chi connectivity index (χ4v) is 3.37. The monoisotopic (exact) mass is 268 g/mol. The zero-order chi connectivity index (χ0) is 14.5. The number of nitrogens with two attached hydrogens (primary N) is 1. The quantitative estimate of drug-likeness (QED) is 0.892. The molecule has 3 rings (SSSR count). The molecule has 1 aliphatic rings. The molecule has 1 aromatic heterocycles. The Balaban J connectivity index is 2.37. The topological polar surface area (TPSA) is 38.9 Å². The summed E-state index contributed by atoms with van der Waals surface area (Å²) < 4.78 is 0. The molecule has 106 valence electrons. The van der Waals surface area contributed by atoms with E-state index >= 15 is 0 Å². The van der Waals surface area contributed by atoms with Crippen LogP contribution in [-0.4, -0.2) is 4.98 Å². The summed E-state index contributed by atoms with van der Waals surface area (Å²) >= 11 is 0. The zero-order valence-electron chi connectivity index (χ0n) is 13.0. The largest absolute Gasteiger partial charge is 0.322 e. The molecule has 0 spiro atoms. The molecule has 1 aromatic carbocycles. The Bertz CT molecular complexity index is 663. The second-order valence-electron chi connectivity index (χ2n) is 6.92. The first-order chi connectivity index (χ1) is 9.38. The maximum atomic E-state index is 6.49. The third-order valence-electron chi connectivity index (χ3n) is 4.35. The van der Waals surface area contributed by atoms with Gasteiger partial charge in [0, 0.05) is 16.6 Å². The number of hydrogen-bond acceptors (Lipinski definition) is 2. The van der Waals surface area contributed by atoms with E-state index in [-0.39, 0.29) is 5.54 Å². The van der Waals surface area contributed by atoms with Crippen molar-refractivity contribution in [3.63, 3.8) is 0 Å². The number of nitrogens with zero attached hydrogens (tertiary/aromatic N) is 1. The van der Waals surface area contributed by atoms with Crippen LogP contribution >= 0.6 is 0 Å². The number of aromatic nitrogens is 1. The van der Waals surface area contributed by atoms with Crippen LogP contribution in [0.1, 0.15) is 62.4 Å². The van der Waals surface area contributed by atoms with Gasteiger partial charge in [-0.2, -0.15) is 0 Å². The lowest BCUT2D eigenvalue weighted by Gasteiger charge is -2.25. The van der Waals surface area contributed by atoms with Gasteiger partial charge in [-0.1, -0.05) is 19.9 Å². The number of hydrogen-bond donors (Lipinski definition) is 1. The van der Waals surface area contributed by atoms with Crippen LogP contribution in [0, 0.1) is 0 Å². The van der Waals surface area contributed by atoms with Crippen LogP contribution in [0.3, 0.4) is 0 Å². The molecule has 0 radical (unpaired) electrons. The number of pyridine rings is 1. The smallest absolute Gasteiger partial charge is 0.0709 e. The van der Waals surface area contributed by atoms with Crippen molar-refractivity contribution in [2.24, 2.45) is 5.73 Å². The van der Waals surface area contributed by atoms with Crippen molar-refractivity contribution in [3.8, 4) is 0 Å². The normalized spacial score (nSPS) is 15.1. The summed E-state index contributed by atoms with van der Waals surface area (Å²) in [6, 6.07) is 6.67. The fourth-order valence-electron chi connectivity index (χ4n) is 3.37. The molecule has 1 heterocycles. The molecule has 2 heteroatoms. The van der Waals surface area contributed by atoms with Crippen molar-refractivity contribution in [2.75, 3.05) is 0 Å². The van der Waals surface area contributed by atoms with E-state index in [1.54, 1.807) is 0 Å². The molecule has 0 bridgehead atoms. The van der Waals surface area contributed by atoms with E-state index in [2.05, 4.69) is 45.9 Å². The summed E-state index contributed by atoms with van der Waals surface area (Å²) in [4.78, 5) is 4.87. The minimum absolute atomic E-state index is 0.314. The minimum Gasteiger partial charge on any atom is -0.322 e. The first kappa shape index (κ1) is 13.6. The van der Waals surface area contributed by atoms with Gasteiger partial charge in [0.25, 0.3) is 0 Å². The van der Waals surface area contributed by atoms with Gasteiger partial charge in [-0.25, -0.2) is 0 Å². The number of aryl methyl sites for hydroxylation is 1. The van der Waals surface area contributed by atoms with Crippen molar-refractivity contribution < 1.29 is 0 Å². The molecule has 0 fully saturated rings. The highest BCUT2D eigenvalue weighted by molar-refractivity contribution is 5.86. The van der Waals surface area contributed by atoms with Gasteiger partial charge in [0.15, 0.2) is 0 Å². The summed E-state index contributed by atoms with van der Waals surface area (Å²) in [5.74, 6) is 0.529. The van der Waals surface area contributed by atoms with Crippen molar-refractivity contribution in [2.45, 2.75) is 58.4 Å². The zero-order valence-corrected chi connectivity index (χ0v) is 13.0. The SMILES string of the molecule is CC(C)c1ccc2nc3c(c(C(C)(C)N)c2c1)CCC3. The molecule has 2 N–H and O–H groups in total. The van der Waals surface area contributed by atoms with Crippen LogP contribution in [-0.2, 0) is 18.4 Å². The molecule has 1 aliphatic carbocycles. The summed E-state index contributed by atoms with van der Waals surface area (Å²) in [6.07, 6.45) is 3.43. The number of benzene rings is 1. The van der Waals surface area contributed by atoms with Crippen LogP contribution in [0.5, 0.6) is 0 Å². The number of fused-ring (bicyclic) bond motifs is 2. The summed E-state index contributed by atoms with van der Waals surface area (Å²) in [5, 5.41) is 1.25. The third kappa shape index (κ3) is 2.12. The van der Waals surface area contributed by atoms with Gasteiger partial charge in [-0.15, -0.1) is 0 Å². The molecule has 0 saturated carbocycles. The average molecular weight is 268 g/mol. The van der Waals surface area contributed by atoms with Crippen molar-refractivity contribution in [1.29, 1.82) is 0 Å². The Morgan fingerprint density at radius 2 is 1.95 bits per heavy atom. The summed E-state index contributed by atoms with van der Waals surface area (Å²) in [7, 11) is 0. The van der Waals surface area contributed by atoms with Crippen LogP contribution in [0.15, 0.2) is 18.2 Å². The summed E-state index contributed by atoms with van der Waals surface area (Å²) in [6.45, 7) is 8.69. The van der Waals surface area contributed by atoms with Gasteiger partial charge in [-0.05, 0) is 67.9 Å². The minimum atomic E-state index is -0.314. The molecule has 0 amide bonds. The predicted octanol–water partition coefficient (Wildman–Crippen LogP) is 4.04. The van der Waals surface area contributed by atoms with E-state index in [1.807, 2.05) is 0 Å². The van der Waals surface area contributed by atoms with Gasteiger partial charge in [0.05, 0.1) is 5.52 Å². The molecule has 0 atom stereocenters. The molecule has 0 unspecified atom stereocenters. The highest BCUT2D eigenvalue weighted by Gasteiger charge is 2.27. The fraction of sp³-hybridized carbons (Fsp3) is 0.500. The molecule has 2 aromatic rings. The maximum Gasteiger partial charge on any atom is 0.0709 e. The molecule has 0 aliphatic heterocycles. The Hall–Kier alpha value is -1.41. The third-order valence-corrected chi connectivity index (χ3v) is 4.35. The average Bonchev–Trinajstić information content (AvgIpc) is 2.80. The first-order valence-electron chi connectivity index (χ1n) is 7.62. The Kier molecular flexibility index (Phi) is 3.09. The second kappa shape index (κ2) is 4.56. The highest BCUT2D eigenvalue weighted by atomic mass is 14.8. The van der Waals surface area contributed by atoms with Crippen molar-refractivity contribution in [3.05, 3.63) is 40.6 Å². The van der Waals surface area contributed by atoms with Gasteiger partial charge in [0.1, 0.15) is 0 Å². The van der Waals surface area contributed by atoms with Gasteiger partial charge in [-0.3, -0.25) is 4.98 Å². The van der Waals surface area contributed by atoms with E-state index in [9.17, 15) is 0 Å². The van der Waals surface area contributed by atoms with E-state index in [4.69, 9.17) is 10.7 Å². The lowest BCUT2D eigenvalue weighted by molar-refractivity contribution is 0.553. The van der Waals surface area contributed by atoms with Crippen LogP contribution in [0.4, 0.5) is 0 Å². The standard InChI is InChI=1S/C18H24N2/c1-11(2)12-8-9-16-14(10-12)17(18(3,4)19)13-6-5-7-15(13)20-16/h8-11H,5-7,19H2,1-4H3. The van der Waals surface area contributed by atoms with Gasteiger partial charge in [0.2, 0.25) is 0 Å². The maximum absolute atomic E-state index is 6.49. The first-order valence-corrected chi connectivity index (χ1v) is 7.62. The summed E-state index contributed by atoms with van der Waals surface area (Å²) in [5.41, 5.74) is 12.6. The predicted molar refractivity (Wildman–Crippen MR) is 85.1 cm³/mol. The molecule has 0 saturated heterocycles. The van der Waals surface area contributed by atoms with Crippen LogP contribution < -0.4 is 5.73 Å². The van der Waals surface area contributed by atoms with E-state index in [0.717, 1.165) is 18.4 Å². The van der Waals surface area contributed by atoms with E-state index in [1.165, 1.54) is 34.2 Å². The van der Waals surface area contributed by atoms with E-state index < -0.39 is 0 Å². The second-order valence-corrected chi connectivity index (χ2v) is 6.92. The van der Waals surface area contributed by atoms with E-state index in [0.29, 0.717) is 5.92 Å². The van der Waals surface area contributed by atoms with Crippen molar-refractivity contribution in [1.82, 2.24) is 4.98 Å². The van der Waals surface area contributed by atoms with Crippen LogP contribution in [0.2, 0.25) is 0 Å². The molecular weight excluding hydrogens is 244 g/mol. The van der Waals surface area contributed by atoms with Gasteiger partial charge >= 0.3 is 0 Å². The Labute approximate surface area is 121 Å². The lowest BCUT2D eigenvalue weighted by atomic mass is 9.86. The van der Waals surface area contributed by atoms with Crippen LogP contribution in [0.25, 0.3) is 10.9 Å². The molecule has 2 nitrogen and oxygen atoms in total. The van der Waals surface area contributed by atoms with Gasteiger partial charge < -0.3 is 5.73 Å². The highest BCUT2D eigenvalue weighted by Crippen LogP contribution is 2.36. The molecular formula is C18H24N2. The Morgan fingerprint density at radius 3 is 2.60 bits per heavy atom.